The second-order valence-corrected chi connectivity index (χ2v) is 2.09. The topological polar surface area (TPSA) is 52.6 Å². The molecule has 1 rings (SSSR count). The van der Waals surface area contributed by atoms with Crippen molar-refractivity contribution in [2.75, 3.05) is 6.54 Å². The monoisotopic (exact) mass is 130 g/mol. The van der Waals surface area contributed by atoms with Crippen LogP contribution in [0.4, 0.5) is 4.79 Å². The molecule has 1 saturated heterocycles. The molecule has 1 aliphatic rings. The molecule has 0 aromatic carbocycles. The van der Waals surface area contributed by atoms with Gasteiger partial charge in [0.1, 0.15) is 0 Å². The molecule has 1 heterocycles. The highest BCUT2D eigenvalue weighted by Crippen LogP contribution is 2.05. The number of hydroxylamine groups is 2. The molecule has 1 fully saturated rings. The summed E-state index contributed by atoms with van der Waals surface area (Å²) in [7, 11) is 0. The molecule has 0 radical (unpaired) electrons. The number of amides is 2. The maximum atomic E-state index is 10.5. The van der Waals surface area contributed by atoms with Crippen LogP contribution < -0.4 is 5.32 Å². The van der Waals surface area contributed by atoms with Crippen molar-refractivity contribution in [1.82, 2.24) is 10.4 Å². The van der Waals surface area contributed by atoms with Crippen LogP contribution in [0.15, 0.2) is 0 Å². The predicted octanol–water partition coefficient (Wildman–Crippen LogP) is 0.179. The van der Waals surface area contributed by atoms with E-state index < -0.39 is 0 Å². The summed E-state index contributed by atoms with van der Waals surface area (Å²) >= 11 is 0. The van der Waals surface area contributed by atoms with Crippen LogP contribution in [-0.2, 0) is 0 Å². The van der Waals surface area contributed by atoms with E-state index in [1.807, 2.05) is 6.92 Å². The molecule has 0 spiro atoms. The first-order valence-electron chi connectivity index (χ1n) is 3.01. The number of carbonyl (C=O) groups excluding carboxylic acids is 1. The van der Waals surface area contributed by atoms with Crippen molar-refractivity contribution in [3.8, 4) is 0 Å². The lowest BCUT2D eigenvalue weighted by atomic mass is 10.2. The SMILES string of the molecule is CCC1CNC(=O)N1O. The maximum Gasteiger partial charge on any atom is 0.341 e. The van der Waals surface area contributed by atoms with Gasteiger partial charge in [0.15, 0.2) is 0 Å². The van der Waals surface area contributed by atoms with E-state index >= 15 is 0 Å². The van der Waals surface area contributed by atoms with Crippen LogP contribution >= 0.6 is 0 Å². The fourth-order valence-electron chi connectivity index (χ4n) is 0.856. The molecule has 1 atom stereocenters. The Morgan fingerprint density at radius 3 is 2.89 bits per heavy atom. The van der Waals surface area contributed by atoms with Crippen molar-refractivity contribution >= 4 is 6.03 Å². The molecule has 52 valence electrons. The van der Waals surface area contributed by atoms with Gasteiger partial charge in [0.05, 0.1) is 6.04 Å². The number of nitrogens with one attached hydrogen (secondary N) is 1. The normalized spacial score (nSPS) is 26.7. The van der Waals surface area contributed by atoms with E-state index in [1.54, 1.807) is 0 Å². The van der Waals surface area contributed by atoms with Crippen LogP contribution in [-0.4, -0.2) is 28.9 Å². The minimum atomic E-state index is -0.387. The number of urea groups is 1. The first-order chi connectivity index (χ1) is 4.25. The third kappa shape index (κ3) is 0.977. The van der Waals surface area contributed by atoms with E-state index in [-0.39, 0.29) is 12.1 Å². The Bertz CT molecular complexity index is 126. The van der Waals surface area contributed by atoms with Gasteiger partial charge in [-0.05, 0) is 6.42 Å². The van der Waals surface area contributed by atoms with E-state index in [0.29, 0.717) is 6.54 Å². The van der Waals surface area contributed by atoms with Crippen molar-refractivity contribution in [1.29, 1.82) is 0 Å². The Hall–Kier alpha value is -0.770. The quantitative estimate of drug-likeness (QED) is 0.497. The highest BCUT2D eigenvalue weighted by atomic mass is 16.5. The van der Waals surface area contributed by atoms with Gasteiger partial charge in [0.2, 0.25) is 0 Å². The zero-order chi connectivity index (χ0) is 6.85. The Morgan fingerprint density at radius 1 is 2.00 bits per heavy atom. The van der Waals surface area contributed by atoms with Gasteiger partial charge in [-0.1, -0.05) is 6.92 Å². The molecule has 0 aromatic rings. The van der Waals surface area contributed by atoms with E-state index in [2.05, 4.69) is 5.32 Å². The largest absolute Gasteiger partial charge is 0.341 e. The van der Waals surface area contributed by atoms with E-state index in [9.17, 15) is 4.79 Å². The van der Waals surface area contributed by atoms with Crippen molar-refractivity contribution in [2.24, 2.45) is 0 Å². The van der Waals surface area contributed by atoms with Crippen LogP contribution in [0.1, 0.15) is 13.3 Å². The smallest absolute Gasteiger partial charge is 0.334 e. The van der Waals surface area contributed by atoms with E-state index in [1.165, 1.54) is 0 Å². The van der Waals surface area contributed by atoms with Gasteiger partial charge in [-0.3, -0.25) is 5.21 Å². The molecule has 2 amide bonds. The van der Waals surface area contributed by atoms with Gasteiger partial charge >= 0.3 is 6.03 Å². The van der Waals surface area contributed by atoms with Gasteiger partial charge < -0.3 is 5.32 Å². The van der Waals surface area contributed by atoms with E-state index in [4.69, 9.17) is 5.21 Å². The van der Waals surface area contributed by atoms with Crippen LogP contribution in [0.25, 0.3) is 0 Å². The van der Waals surface area contributed by atoms with Crippen LogP contribution in [0.3, 0.4) is 0 Å². The standard InChI is InChI=1S/C5H10N2O2/c1-2-4-3-6-5(8)7(4)9/h4,9H,2-3H2,1H3,(H,6,8). The Morgan fingerprint density at radius 2 is 2.67 bits per heavy atom. The maximum absolute atomic E-state index is 10.5. The number of hydrogen-bond acceptors (Lipinski definition) is 2. The molecule has 0 saturated carbocycles. The predicted molar refractivity (Wildman–Crippen MR) is 31.1 cm³/mol. The molecule has 0 aromatic heterocycles. The molecular weight excluding hydrogens is 120 g/mol. The Balaban J connectivity index is 2.51. The number of carbonyl (C=O) groups is 1. The van der Waals surface area contributed by atoms with Gasteiger partial charge in [0.25, 0.3) is 0 Å². The molecule has 1 unspecified atom stereocenters. The summed E-state index contributed by atoms with van der Waals surface area (Å²) in [4.78, 5) is 10.5. The molecule has 4 nitrogen and oxygen atoms in total. The summed E-state index contributed by atoms with van der Waals surface area (Å²) < 4.78 is 0. The van der Waals surface area contributed by atoms with Crippen molar-refractivity contribution in [3.05, 3.63) is 0 Å². The number of nitrogens with zero attached hydrogens (tertiary/aromatic N) is 1. The molecule has 1 aliphatic heterocycles. The van der Waals surface area contributed by atoms with Gasteiger partial charge in [-0.25, -0.2) is 9.86 Å². The van der Waals surface area contributed by atoms with Crippen LogP contribution in [0, 0.1) is 0 Å². The van der Waals surface area contributed by atoms with Crippen LogP contribution in [0.5, 0.6) is 0 Å². The average molecular weight is 130 g/mol. The van der Waals surface area contributed by atoms with Gasteiger partial charge in [-0.15, -0.1) is 0 Å². The lowest BCUT2D eigenvalue weighted by Crippen LogP contribution is -2.29. The highest BCUT2D eigenvalue weighted by Gasteiger charge is 2.27. The lowest BCUT2D eigenvalue weighted by Gasteiger charge is -2.11. The van der Waals surface area contributed by atoms with Crippen molar-refractivity contribution < 1.29 is 10.0 Å². The second kappa shape index (κ2) is 2.23. The number of hydrogen-bond donors (Lipinski definition) is 2. The van der Waals surface area contributed by atoms with E-state index in [0.717, 1.165) is 11.5 Å². The minimum Gasteiger partial charge on any atom is -0.334 e. The van der Waals surface area contributed by atoms with Crippen molar-refractivity contribution in [3.63, 3.8) is 0 Å². The fourth-order valence-corrected chi connectivity index (χ4v) is 0.856. The highest BCUT2D eigenvalue weighted by molar-refractivity contribution is 5.75. The summed E-state index contributed by atoms with van der Waals surface area (Å²) in [6.07, 6.45) is 0.787. The molecule has 0 bridgehead atoms. The summed E-state index contributed by atoms with van der Waals surface area (Å²) in [6.45, 7) is 2.49. The van der Waals surface area contributed by atoms with Gasteiger partial charge in [-0.2, -0.15) is 0 Å². The Kier molecular flexibility index (Phi) is 1.57. The molecule has 9 heavy (non-hydrogen) atoms. The molecular formula is C5H10N2O2. The zero-order valence-corrected chi connectivity index (χ0v) is 5.29. The van der Waals surface area contributed by atoms with Crippen LogP contribution in [0.2, 0.25) is 0 Å². The summed E-state index contributed by atoms with van der Waals surface area (Å²) in [5.74, 6) is 0. The molecule has 2 N–H and O–H groups in total. The van der Waals surface area contributed by atoms with Gasteiger partial charge in [0, 0.05) is 6.54 Å². The number of rotatable bonds is 1. The molecule has 4 heteroatoms. The second-order valence-electron chi connectivity index (χ2n) is 2.09. The lowest BCUT2D eigenvalue weighted by molar-refractivity contribution is -0.0577. The van der Waals surface area contributed by atoms with Crippen molar-refractivity contribution in [2.45, 2.75) is 19.4 Å². The third-order valence-electron chi connectivity index (χ3n) is 1.51. The average Bonchev–Trinajstić information content (AvgIpc) is 2.15. The first kappa shape index (κ1) is 6.35. The first-order valence-corrected chi connectivity index (χ1v) is 3.01. The molecule has 0 aliphatic carbocycles. The summed E-state index contributed by atoms with van der Waals surface area (Å²) in [5.41, 5.74) is 0. The zero-order valence-electron chi connectivity index (χ0n) is 5.29. The summed E-state index contributed by atoms with van der Waals surface area (Å²) in [6, 6.07) is -0.417. The third-order valence-corrected chi connectivity index (χ3v) is 1.51. The fraction of sp³-hybridized carbons (Fsp3) is 0.800. The summed E-state index contributed by atoms with van der Waals surface area (Å²) in [5, 5.41) is 12.1. The minimum absolute atomic E-state index is 0.0301. The Labute approximate surface area is 53.4 Å².